The molecule has 0 radical (unpaired) electrons. The number of nitrogen functional groups attached to an aromatic ring is 1. The van der Waals surface area contributed by atoms with Crippen molar-refractivity contribution in [1.82, 2.24) is 14.9 Å². The van der Waals surface area contributed by atoms with Crippen molar-refractivity contribution in [1.29, 1.82) is 5.26 Å². The molecule has 4 aliphatic heterocycles. The number of fused-ring (bicyclic) bond motifs is 3. The van der Waals surface area contributed by atoms with Crippen molar-refractivity contribution < 1.29 is 27.4 Å². The van der Waals surface area contributed by atoms with Gasteiger partial charge in [0.1, 0.15) is 47.1 Å². The first kappa shape index (κ1) is 28.9. The number of thiophene rings is 1. The lowest BCUT2D eigenvalue weighted by atomic mass is 9.95. The van der Waals surface area contributed by atoms with E-state index < -0.39 is 23.3 Å². The van der Waals surface area contributed by atoms with Crippen molar-refractivity contribution >= 4 is 54.7 Å². The highest BCUT2D eigenvalue weighted by molar-refractivity contribution is 7.23. The van der Waals surface area contributed by atoms with Gasteiger partial charge in [0, 0.05) is 37.4 Å². The molecule has 0 saturated carbocycles. The molecule has 2 N–H and O–H groups in total. The van der Waals surface area contributed by atoms with Gasteiger partial charge in [-0.2, -0.15) is 15.2 Å². The Morgan fingerprint density at radius 2 is 2.13 bits per heavy atom. The molecule has 0 bridgehead atoms. The van der Waals surface area contributed by atoms with Gasteiger partial charge >= 0.3 is 6.01 Å². The van der Waals surface area contributed by atoms with E-state index in [1.54, 1.807) is 0 Å². The molecule has 2 aromatic heterocycles. The van der Waals surface area contributed by atoms with E-state index >= 15 is 4.39 Å². The quantitative estimate of drug-likeness (QED) is 0.290. The number of halogens is 4. The van der Waals surface area contributed by atoms with Crippen LogP contribution in [0.1, 0.15) is 31.2 Å². The maximum absolute atomic E-state index is 17.0. The summed E-state index contributed by atoms with van der Waals surface area (Å²) in [7, 11) is 1.83. The van der Waals surface area contributed by atoms with E-state index in [2.05, 4.69) is 9.88 Å². The lowest BCUT2D eigenvalue weighted by Crippen LogP contribution is -2.50. The molecule has 234 valence electrons. The van der Waals surface area contributed by atoms with Gasteiger partial charge < -0.3 is 24.8 Å². The number of nitrogens with two attached hydrogens (primary N) is 1. The molecule has 6 heterocycles. The number of anilines is 2. The molecular weight excluding hydrogens is 629 g/mol. The molecule has 4 aliphatic rings. The van der Waals surface area contributed by atoms with Crippen LogP contribution in [-0.4, -0.2) is 78.7 Å². The normalized spacial score (nSPS) is 26.0. The Bertz CT molecular complexity index is 1940. The van der Waals surface area contributed by atoms with Gasteiger partial charge in [0.25, 0.3) is 0 Å². The molecule has 9 nitrogen and oxygen atoms in total. The second kappa shape index (κ2) is 10.5. The monoisotopic (exact) mass is 656 g/mol. The van der Waals surface area contributed by atoms with Crippen molar-refractivity contribution in [2.75, 3.05) is 50.6 Å². The second-order valence-corrected chi connectivity index (χ2v) is 13.6. The number of hydrogen-bond donors (Lipinski definition) is 1. The maximum atomic E-state index is 17.0. The first-order chi connectivity index (χ1) is 21.7. The Kier molecular flexibility index (Phi) is 6.73. The Morgan fingerprint density at radius 3 is 2.96 bits per heavy atom. The van der Waals surface area contributed by atoms with Crippen molar-refractivity contribution in [3.05, 3.63) is 34.4 Å². The average Bonchev–Trinajstić information content (AvgIpc) is 3.65. The van der Waals surface area contributed by atoms with Crippen molar-refractivity contribution in [2.45, 2.75) is 49.5 Å². The molecule has 4 aromatic rings. The zero-order valence-electron chi connectivity index (χ0n) is 24.2. The van der Waals surface area contributed by atoms with Crippen LogP contribution in [-0.2, 0) is 4.74 Å². The summed E-state index contributed by atoms with van der Waals surface area (Å²) in [5, 5.41) is 10.4. The summed E-state index contributed by atoms with van der Waals surface area (Å²) in [4.78, 5) is 13.3. The number of rotatable bonds is 4. The third-order valence-corrected chi connectivity index (χ3v) is 11.1. The molecule has 0 aliphatic carbocycles. The fourth-order valence-electron chi connectivity index (χ4n) is 7.57. The zero-order chi connectivity index (χ0) is 31.2. The minimum atomic E-state index is -0.940. The van der Waals surface area contributed by atoms with E-state index in [1.165, 1.54) is 12.1 Å². The number of benzene rings is 2. The fourth-order valence-corrected chi connectivity index (χ4v) is 8.84. The Hall–Kier alpha value is -3.57. The minimum absolute atomic E-state index is 0.0339. The smallest absolute Gasteiger partial charge is 0.319 e. The molecule has 0 amide bonds. The summed E-state index contributed by atoms with van der Waals surface area (Å²) >= 11 is 7.95. The van der Waals surface area contributed by atoms with Crippen LogP contribution >= 0.6 is 22.9 Å². The summed E-state index contributed by atoms with van der Waals surface area (Å²) in [5.41, 5.74) is 5.63. The first-order valence-electron chi connectivity index (χ1n) is 14.8. The predicted molar refractivity (Wildman–Crippen MR) is 165 cm³/mol. The predicted octanol–water partition coefficient (Wildman–Crippen LogP) is 5.84. The van der Waals surface area contributed by atoms with Crippen LogP contribution in [0.15, 0.2) is 12.1 Å². The fraction of sp³-hybridized carbons (Fsp3) is 0.452. The first-order valence-corrected chi connectivity index (χ1v) is 16.0. The standard InChI is InChI=1S/C31H28ClF3N6O3S/c1-40-18-12-42-8-5-19(18)44-26-22-25(38-30(39-29(22)40)43-13-31-6-2-7-41(31)11-14(33)9-31)24(35)21(23(26)32)15-3-4-17(34)27-20(15)16(10-36)28(37)45-27/h3-4,14,18-19H,2,5-9,11-13,37H2,1H3/t14-,18?,19?,31+/m1/s1. The molecule has 8 rings (SSSR count). The lowest BCUT2D eigenvalue weighted by Gasteiger charge is -2.36. The Morgan fingerprint density at radius 1 is 1.29 bits per heavy atom. The summed E-state index contributed by atoms with van der Waals surface area (Å²) in [6.07, 6.45) is 1.31. The summed E-state index contributed by atoms with van der Waals surface area (Å²) in [5.74, 6) is -0.861. The number of hydrogen-bond acceptors (Lipinski definition) is 10. The second-order valence-electron chi connectivity index (χ2n) is 12.2. The van der Waals surface area contributed by atoms with E-state index in [0.29, 0.717) is 38.4 Å². The maximum Gasteiger partial charge on any atom is 0.319 e. The van der Waals surface area contributed by atoms with Gasteiger partial charge in [-0.1, -0.05) is 17.7 Å². The summed E-state index contributed by atoms with van der Waals surface area (Å²) < 4.78 is 65.1. The largest absolute Gasteiger partial charge is 0.486 e. The van der Waals surface area contributed by atoms with Gasteiger partial charge in [-0.25, -0.2) is 13.2 Å². The molecule has 3 fully saturated rings. The van der Waals surface area contributed by atoms with E-state index in [9.17, 15) is 14.0 Å². The van der Waals surface area contributed by atoms with Gasteiger partial charge in [-0.05, 0) is 31.0 Å². The van der Waals surface area contributed by atoms with Gasteiger partial charge in [0.05, 0.1) is 45.5 Å². The number of alkyl halides is 1. The summed E-state index contributed by atoms with van der Waals surface area (Å²) in [6.45, 7) is 2.12. The van der Waals surface area contributed by atoms with Gasteiger partial charge in [-0.3, -0.25) is 4.90 Å². The molecule has 2 aromatic carbocycles. The molecular formula is C31H28ClF3N6O3S. The van der Waals surface area contributed by atoms with E-state index in [1.807, 2.05) is 18.0 Å². The van der Waals surface area contributed by atoms with Crippen molar-refractivity contribution in [2.24, 2.45) is 0 Å². The molecule has 2 unspecified atom stereocenters. The van der Waals surface area contributed by atoms with Crippen LogP contribution < -0.4 is 20.1 Å². The van der Waals surface area contributed by atoms with Crippen LogP contribution in [0.25, 0.3) is 32.1 Å². The molecule has 45 heavy (non-hydrogen) atoms. The van der Waals surface area contributed by atoms with Crippen LogP contribution in [0.3, 0.4) is 0 Å². The third kappa shape index (κ3) is 4.26. The highest BCUT2D eigenvalue weighted by Crippen LogP contribution is 2.52. The van der Waals surface area contributed by atoms with Crippen molar-refractivity contribution in [3.63, 3.8) is 0 Å². The SMILES string of the molecule is CN1c2nc(OC[C@@]34CCCN3C[C@H](F)C4)nc3c(F)c(-c4ccc(F)c5sc(N)c(C#N)c45)c(Cl)c(c23)OC2CCOCC21. The molecule has 0 spiro atoms. The molecule has 3 saturated heterocycles. The van der Waals surface area contributed by atoms with Crippen LogP contribution in [0.4, 0.5) is 24.0 Å². The Labute approximate surface area is 265 Å². The van der Waals surface area contributed by atoms with E-state index in [0.717, 1.165) is 30.7 Å². The highest BCUT2D eigenvalue weighted by Gasteiger charge is 2.49. The van der Waals surface area contributed by atoms with Crippen molar-refractivity contribution in [3.8, 4) is 29.0 Å². The average molecular weight is 657 g/mol. The summed E-state index contributed by atoms with van der Waals surface area (Å²) in [6, 6.07) is 4.27. The number of nitriles is 1. The Balaban J connectivity index is 1.35. The van der Waals surface area contributed by atoms with E-state index in [-0.39, 0.29) is 78.2 Å². The molecule has 4 atom stereocenters. The topological polar surface area (TPSA) is 110 Å². The minimum Gasteiger partial charge on any atom is -0.486 e. The lowest BCUT2D eigenvalue weighted by molar-refractivity contribution is 0.00896. The van der Waals surface area contributed by atoms with Crippen LogP contribution in [0, 0.1) is 23.0 Å². The van der Waals surface area contributed by atoms with Gasteiger partial charge in [0.15, 0.2) is 11.6 Å². The zero-order valence-corrected chi connectivity index (χ0v) is 25.8. The van der Waals surface area contributed by atoms with Gasteiger partial charge in [0.2, 0.25) is 0 Å². The number of nitrogens with zero attached hydrogens (tertiary/aromatic N) is 5. The van der Waals surface area contributed by atoms with Gasteiger partial charge in [-0.15, -0.1) is 11.3 Å². The van der Waals surface area contributed by atoms with Crippen LogP contribution in [0.2, 0.25) is 5.02 Å². The molecule has 14 heteroatoms. The van der Waals surface area contributed by atoms with Crippen LogP contribution in [0.5, 0.6) is 11.8 Å². The number of likely N-dealkylation sites (N-methyl/N-ethyl adjacent to an activating group) is 1. The van der Waals surface area contributed by atoms with E-state index in [4.69, 9.17) is 36.5 Å². The highest BCUT2D eigenvalue weighted by atomic mass is 35.5. The number of aromatic nitrogens is 2. The third-order valence-electron chi connectivity index (χ3n) is 9.74. The number of ether oxygens (including phenoxy) is 3.